The molecule has 0 saturated carbocycles. The number of carbonyl (C=O) groups is 2. The summed E-state index contributed by atoms with van der Waals surface area (Å²) in [7, 11) is 1.43. The maximum Gasteiger partial charge on any atom is 0.337 e. The molecule has 10 heteroatoms. The molecule has 3 aromatic rings. The smallest absolute Gasteiger partial charge is 0.337 e. The molecule has 0 bridgehead atoms. The maximum atomic E-state index is 12.2. The minimum atomic E-state index is -1.25. The number of ether oxygens (including phenoxy) is 1. The number of halogens is 1. The van der Waals surface area contributed by atoms with Crippen molar-refractivity contribution in [3.05, 3.63) is 52.0 Å². The molecule has 29 heavy (non-hydrogen) atoms. The first-order valence-electron chi connectivity index (χ1n) is 8.13. The fourth-order valence-corrected chi connectivity index (χ4v) is 3.08. The van der Waals surface area contributed by atoms with Crippen LogP contribution in [-0.4, -0.2) is 34.2 Å². The summed E-state index contributed by atoms with van der Waals surface area (Å²) in [6.45, 7) is 0. The molecule has 0 radical (unpaired) electrons. The number of aromatic carboxylic acids is 1. The molecule has 1 amide bonds. The van der Waals surface area contributed by atoms with Crippen LogP contribution in [0.25, 0.3) is 10.9 Å². The van der Waals surface area contributed by atoms with E-state index in [4.69, 9.17) is 21.6 Å². The molecule has 3 N–H and O–H groups in total. The SMILES string of the molecule is COc1ccc(CC(=O)N=Nc2c(O)[nH]c3ccc(C(=O)O)c(Cl)c23)cc1C#N. The van der Waals surface area contributed by atoms with Gasteiger partial charge in [-0.25, -0.2) is 4.79 Å². The Morgan fingerprint density at radius 3 is 2.72 bits per heavy atom. The number of hydrogen-bond acceptors (Lipinski definition) is 6. The summed E-state index contributed by atoms with van der Waals surface area (Å²) in [6, 6.07) is 9.37. The van der Waals surface area contributed by atoms with Crippen molar-refractivity contribution in [3.8, 4) is 17.7 Å². The van der Waals surface area contributed by atoms with E-state index >= 15 is 0 Å². The Bertz CT molecular complexity index is 1210. The number of azo groups is 1. The molecule has 0 aliphatic rings. The highest BCUT2D eigenvalue weighted by Gasteiger charge is 2.19. The number of fused-ring (bicyclic) bond motifs is 1. The number of rotatable bonds is 5. The Kier molecular flexibility index (Phi) is 5.47. The number of carboxylic acids is 1. The molecular formula is C19H13ClN4O5. The minimum Gasteiger partial charge on any atom is -0.495 e. The van der Waals surface area contributed by atoms with Crippen LogP contribution in [0.3, 0.4) is 0 Å². The molecule has 0 aliphatic carbocycles. The van der Waals surface area contributed by atoms with E-state index in [-0.39, 0.29) is 33.6 Å². The third-order valence-corrected chi connectivity index (χ3v) is 4.48. The molecule has 0 spiro atoms. The minimum absolute atomic E-state index is 0.136. The highest BCUT2D eigenvalue weighted by Crippen LogP contribution is 2.41. The van der Waals surface area contributed by atoms with Gasteiger partial charge in [-0.3, -0.25) is 4.79 Å². The lowest BCUT2D eigenvalue weighted by Gasteiger charge is -2.04. The van der Waals surface area contributed by atoms with Crippen LogP contribution in [0.5, 0.6) is 11.6 Å². The van der Waals surface area contributed by atoms with Crippen molar-refractivity contribution in [2.45, 2.75) is 6.42 Å². The standard InChI is InChI=1S/C19H13ClN4O5/c1-29-13-5-2-9(6-10(13)8-21)7-14(25)23-24-17-15-12(22-18(17)26)4-3-11(16(15)20)19(27)28/h2-6,22,26H,7H2,1H3,(H,27,28). The quantitative estimate of drug-likeness (QED) is 0.540. The van der Waals surface area contributed by atoms with Gasteiger partial charge in [-0.15, -0.1) is 10.2 Å². The van der Waals surface area contributed by atoms with Crippen LogP contribution >= 0.6 is 11.6 Å². The number of benzene rings is 2. The van der Waals surface area contributed by atoms with Gasteiger partial charge < -0.3 is 19.9 Å². The third-order valence-electron chi connectivity index (χ3n) is 4.09. The van der Waals surface area contributed by atoms with Gasteiger partial charge in [-0.1, -0.05) is 17.7 Å². The number of aromatic nitrogens is 1. The zero-order chi connectivity index (χ0) is 21.1. The number of nitrogens with one attached hydrogen (secondary N) is 1. The molecule has 1 heterocycles. The predicted octanol–water partition coefficient (Wildman–Crippen LogP) is 3.96. The van der Waals surface area contributed by atoms with Crippen molar-refractivity contribution in [2.75, 3.05) is 7.11 Å². The van der Waals surface area contributed by atoms with Gasteiger partial charge in [-0.2, -0.15) is 5.26 Å². The summed E-state index contributed by atoms with van der Waals surface area (Å²) in [6.07, 6.45) is -0.139. The van der Waals surface area contributed by atoms with E-state index < -0.39 is 17.8 Å². The number of amides is 1. The number of nitrogens with zero attached hydrogens (tertiary/aromatic N) is 3. The average molecular weight is 413 g/mol. The van der Waals surface area contributed by atoms with Gasteiger partial charge in [0.1, 0.15) is 11.8 Å². The fraction of sp³-hybridized carbons (Fsp3) is 0.105. The summed E-state index contributed by atoms with van der Waals surface area (Å²) in [5.74, 6) is -1.90. The first kappa shape index (κ1) is 19.9. The van der Waals surface area contributed by atoms with Gasteiger partial charge in [0.25, 0.3) is 5.91 Å². The second-order valence-corrected chi connectivity index (χ2v) is 6.27. The lowest BCUT2D eigenvalue weighted by molar-refractivity contribution is -0.117. The van der Waals surface area contributed by atoms with E-state index in [1.807, 2.05) is 6.07 Å². The lowest BCUT2D eigenvalue weighted by Crippen LogP contribution is -1.99. The van der Waals surface area contributed by atoms with Gasteiger partial charge in [0.2, 0.25) is 5.88 Å². The number of H-pyrrole nitrogens is 1. The fourth-order valence-electron chi connectivity index (χ4n) is 2.75. The van der Waals surface area contributed by atoms with Crippen molar-refractivity contribution in [1.82, 2.24) is 4.98 Å². The lowest BCUT2D eigenvalue weighted by atomic mass is 10.1. The highest BCUT2D eigenvalue weighted by atomic mass is 35.5. The Hall–Kier alpha value is -3.90. The predicted molar refractivity (Wildman–Crippen MR) is 103 cm³/mol. The molecule has 1 aromatic heterocycles. The van der Waals surface area contributed by atoms with Crippen molar-refractivity contribution in [3.63, 3.8) is 0 Å². The molecule has 0 atom stereocenters. The summed E-state index contributed by atoms with van der Waals surface area (Å²) in [4.78, 5) is 26.0. The molecule has 0 saturated heterocycles. The average Bonchev–Trinajstić information content (AvgIpc) is 3.02. The first-order valence-corrected chi connectivity index (χ1v) is 8.51. The van der Waals surface area contributed by atoms with E-state index in [2.05, 4.69) is 15.2 Å². The number of carboxylic acid groups (broad SMARTS) is 1. The van der Waals surface area contributed by atoms with Gasteiger partial charge in [0.05, 0.1) is 40.6 Å². The van der Waals surface area contributed by atoms with Crippen molar-refractivity contribution >= 4 is 40.1 Å². The molecular weight excluding hydrogens is 400 g/mol. The molecule has 2 aromatic carbocycles. The molecule has 9 nitrogen and oxygen atoms in total. The van der Waals surface area contributed by atoms with Gasteiger partial charge >= 0.3 is 5.97 Å². The van der Waals surface area contributed by atoms with E-state index in [0.717, 1.165) is 0 Å². The monoisotopic (exact) mass is 412 g/mol. The maximum absolute atomic E-state index is 12.2. The number of aromatic amines is 1. The molecule has 0 aliphatic heterocycles. The Balaban J connectivity index is 1.90. The van der Waals surface area contributed by atoms with Crippen LogP contribution in [0.2, 0.25) is 5.02 Å². The topological polar surface area (TPSA) is 148 Å². The van der Waals surface area contributed by atoms with Gasteiger partial charge in [0, 0.05) is 0 Å². The van der Waals surface area contributed by atoms with E-state index in [1.54, 1.807) is 12.1 Å². The third kappa shape index (κ3) is 3.88. The Morgan fingerprint density at radius 2 is 2.07 bits per heavy atom. The Labute approximate surface area is 168 Å². The van der Waals surface area contributed by atoms with E-state index in [1.165, 1.54) is 25.3 Å². The number of carbonyl (C=O) groups excluding carboxylic acids is 1. The largest absolute Gasteiger partial charge is 0.495 e. The Morgan fingerprint density at radius 1 is 1.31 bits per heavy atom. The molecule has 0 fully saturated rings. The zero-order valence-electron chi connectivity index (χ0n) is 14.9. The van der Waals surface area contributed by atoms with Crippen LogP contribution in [0.4, 0.5) is 5.69 Å². The summed E-state index contributed by atoms with van der Waals surface area (Å²) >= 11 is 6.12. The summed E-state index contributed by atoms with van der Waals surface area (Å²) in [5.41, 5.74) is 0.822. The van der Waals surface area contributed by atoms with Crippen molar-refractivity contribution in [1.29, 1.82) is 5.26 Å². The van der Waals surface area contributed by atoms with Crippen molar-refractivity contribution in [2.24, 2.45) is 10.2 Å². The number of methoxy groups -OCH3 is 1. The number of nitriles is 1. The van der Waals surface area contributed by atoms with Crippen molar-refractivity contribution < 1.29 is 24.5 Å². The molecule has 146 valence electrons. The van der Waals surface area contributed by atoms with E-state index in [9.17, 15) is 19.8 Å². The van der Waals surface area contributed by atoms with Crippen LogP contribution in [0.15, 0.2) is 40.6 Å². The number of aromatic hydroxyl groups is 1. The number of hydrogen-bond donors (Lipinski definition) is 3. The zero-order valence-corrected chi connectivity index (χ0v) is 15.7. The molecule has 0 unspecified atom stereocenters. The molecule has 3 rings (SSSR count). The second kappa shape index (κ2) is 8.00. The second-order valence-electron chi connectivity index (χ2n) is 5.89. The summed E-state index contributed by atoms with van der Waals surface area (Å²) in [5, 5.41) is 35.7. The highest BCUT2D eigenvalue weighted by molar-refractivity contribution is 6.39. The van der Waals surface area contributed by atoms with Crippen LogP contribution in [-0.2, 0) is 11.2 Å². The first-order chi connectivity index (χ1) is 13.8. The van der Waals surface area contributed by atoms with Gasteiger partial charge in [0.15, 0.2) is 5.69 Å². The van der Waals surface area contributed by atoms with Crippen LogP contribution in [0.1, 0.15) is 21.5 Å². The normalized spacial score (nSPS) is 10.9. The van der Waals surface area contributed by atoms with Crippen LogP contribution in [0, 0.1) is 11.3 Å². The van der Waals surface area contributed by atoms with E-state index in [0.29, 0.717) is 16.8 Å². The van der Waals surface area contributed by atoms with Crippen LogP contribution < -0.4 is 4.74 Å². The van der Waals surface area contributed by atoms with Gasteiger partial charge in [-0.05, 0) is 29.8 Å². The summed E-state index contributed by atoms with van der Waals surface area (Å²) < 4.78 is 5.05.